The van der Waals surface area contributed by atoms with Gasteiger partial charge < -0.3 is 9.97 Å². The highest BCUT2D eigenvalue weighted by molar-refractivity contribution is 5.94. The van der Waals surface area contributed by atoms with E-state index in [-0.39, 0.29) is 11.9 Å². The van der Waals surface area contributed by atoms with Crippen LogP contribution in [0.4, 0.5) is 5.95 Å². The van der Waals surface area contributed by atoms with Crippen LogP contribution in [0.1, 0.15) is 19.9 Å². The Bertz CT molecular complexity index is 1270. The normalized spacial score (nSPS) is 12.5. The number of aromatic amines is 2. The average Bonchev–Trinajstić information content (AvgIpc) is 3.06. The predicted molar refractivity (Wildman–Crippen MR) is 107 cm³/mol. The van der Waals surface area contributed by atoms with Crippen molar-refractivity contribution < 1.29 is 4.79 Å². The van der Waals surface area contributed by atoms with Crippen LogP contribution in [0.2, 0.25) is 0 Å². The van der Waals surface area contributed by atoms with Gasteiger partial charge in [-0.2, -0.15) is 0 Å². The molecule has 8 nitrogen and oxygen atoms in total. The van der Waals surface area contributed by atoms with E-state index in [9.17, 15) is 14.4 Å². The first kappa shape index (κ1) is 17.7. The highest BCUT2D eigenvalue weighted by Crippen LogP contribution is 2.19. The van der Waals surface area contributed by atoms with E-state index >= 15 is 0 Å². The van der Waals surface area contributed by atoms with Crippen molar-refractivity contribution in [2.45, 2.75) is 19.9 Å². The molecule has 1 amide bonds. The van der Waals surface area contributed by atoms with Crippen molar-refractivity contribution in [3.63, 3.8) is 0 Å². The lowest BCUT2D eigenvalue weighted by molar-refractivity contribution is -0.120. The Hall–Kier alpha value is -3.68. The molecule has 2 aromatic heterocycles. The molecule has 0 bridgehead atoms. The molecule has 28 heavy (non-hydrogen) atoms. The fourth-order valence-electron chi connectivity index (χ4n) is 3.35. The van der Waals surface area contributed by atoms with Gasteiger partial charge >= 0.3 is 5.69 Å². The molecule has 0 saturated heterocycles. The van der Waals surface area contributed by atoms with Crippen molar-refractivity contribution >= 4 is 33.8 Å². The van der Waals surface area contributed by atoms with Crippen LogP contribution in [0.5, 0.6) is 0 Å². The third-order valence-electron chi connectivity index (χ3n) is 4.65. The molecule has 1 unspecified atom stereocenters. The molecule has 0 aliphatic rings. The van der Waals surface area contributed by atoms with E-state index < -0.39 is 23.2 Å². The van der Waals surface area contributed by atoms with Gasteiger partial charge in [-0.25, -0.2) is 14.3 Å². The third kappa shape index (κ3) is 2.98. The molecule has 1 atom stereocenters. The topological polar surface area (TPSA) is 113 Å². The Morgan fingerprint density at radius 1 is 1.00 bits per heavy atom. The summed E-state index contributed by atoms with van der Waals surface area (Å²) in [5, 5.41) is 3.05. The Morgan fingerprint density at radius 3 is 2.39 bits per heavy atom. The second kappa shape index (κ2) is 6.80. The second-order valence-electron chi connectivity index (χ2n) is 6.93. The van der Waals surface area contributed by atoms with E-state index in [0.29, 0.717) is 16.4 Å². The molecule has 0 aliphatic heterocycles. The minimum atomic E-state index is -0.992. The minimum absolute atomic E-state index is 0.266. The second-order valence-corrected chi connectivity index (χ2v) is 6.93. The summed E-state index contributed by atoms with van der Waals surface area (Å²) in [6, 6.07) is 13.1. The van der Waals surface area contributed by atoms with Crippen molar-refractivity contribution in [3.05, 3.63) is 69.4 Å². The highest BCUT2D eigenvalue weighted by Gasteiger charge is 2.28. The van der Waals surface area contributed by atoms with Crippen molar-refractivity contribution in [1.29, 1.82) is 0 Å². The molecule has 142 valence electrons. The third-order valence-corrected chi connectivity index (χ3v) is 4.65. The van der Waals surface area contributed by atoms with Gasteiger partial charge in [-0.3, -0.25) is 14.9 Å². The van der Waals surface area contributed by atoms with E-state index in [2.05, 4.69) is 20.3 Å². The number of aromatic nitrogens is 4. The van der Waals surface area contributed by atoms with Gasteiger partial charge in [-0.1, -0.05) is 38.1 Å². The summed E-state index contributed by atoms with van der Waals surface area (Å²) >= 11 is 0. The zero-order chi connectivity index (χ0) is 19.8. The molecule has 3 N–H and O–H groups in total. The molecule has 2 aromatic carbocycles. The number of H-pyrrole nitrogens is 2. The maximum Gasteiger partial charge on any atom is 0.329 e. The number of hydrogen-bond acceptors (Lipinski definition) is 4. The van der Waals surface area contributed by atoms with Crippen LogP contribution in [0.3, 0.4) is 0 Å². The zero-order valence-corrected chi connectivity index (χ0v) is 15.4. The van der Waals surface area contributed by atoms with Gasteiger partial charge in [-0.15, -0.1) is 0 Å². The number of carbonyl (C=O) groups is 1. The summed E-state index contributed by atoms with van der Waals surface area (Å²) in [5.41, 5.74) is 0.799. The molecule has 4 aromatic rings. The average molecular weight is 377 g/mol. The Labute approximate surface area is 159 Å². The molecular weight excluding hydrogens is 358 g/mol. The van der Waals surface area contributed by atoms with E-state index in [0.717, 1.165) is 10.1 Å². The first-order valence-electron chi connectivity index (χ1n) is 8.95. The standard InChI is InChI=1S/C20H19N5O3/c1-11(2)16(17(26)24-19-21-14-9-5-6-10-15(14)22-19)25-18(27)12-7-3-4-8-13(12)23-20(25)28/h3-11,16H,1-2H3,(H,23,28)(H2,21,22,24,26). The number of benzene rings is 2. The summed E-state index contributed by atoms with van der Waals surface area (Å²) in [5.74, 6) is -0.525. The van der Waals surface area contributed by atoms with Crippen LogP contribution in [-0.2, 0) is 4.79 Å². The number of nitrogens with zero attached hydrogens (tertiary/aromatic N) is 2. The van der Waals surface area contributed by atoms with Gasteiger partial charge in [0.25, 0.3) is 5.56 Å². The summed E-state index contributed by atoms with van der Waals surface area (Å²) in [7, 11) is 0. The lowest BCUT2D eigenvalue weighted by Crippen LogP contribution is -2.44. The van der Waals surface area contributed by atoms with Crippen molar-refractivity contribution in [2.75, 3.05) is 5.32 Å². The van der Waals surface area contributed by atoms with E-state index in [4.69, 9.17) is 0 Å². The van der Waals surface area contributed by atoms with Gasteiger partial charge in [0, 0.05) is 0 Å². The Balaban J connectivity index is 1.77. The van der Waals surface area contributed by atoms with Gasteiger partial charge in [0.1, 0.15) is 6.04 Å². The van der Waals surface area contributed by atoms with Crippen LogP contribution in [0, 0.1) is 5.92 Å². The first-order valence-corrected chi connectivity index (χ1v) is 8.95. The number of imidazole rings is 1. The van der Waals surface area contributed by atoms with E-state index in [1.54, 1.807) is 38.1 Å². The molecule has 8 heteroatoms. The van der Waals surface area contributed by atoms with Crippen molar-refractivity contribution in [2.24, 2.45) is 5.92 Å². The SMILES string of the molecule is CC(C)C(C(=O)Nc1nc2ccccc2[nH]1)n1c(=O)[nH]c2ccccc2c1=O. The highest BCUT2D eigenvalue weighted by atomic mass is 16.2. The maximum absolute atomic E-state index is 13.0. The van der Waals surface area contributed by atoms with E-state index in [1.807, 2.05) is 24.3 Å². The molecule has 0 fully saturated rings. The first-order chi connectivity index (χ1) is 13.5. The fraction of sp³-hybridized carbons (Fsp3) is 0.200. The predicted octanol–water partition coefficient (Wildman–Crippen LogP) is 2.40. The number of carbonyl (C=O) groups excluding carboxylic acids is 1. The largest absolute Gasteiger partial charge is 0.329 e. The Kier molecular flexibility index (Phi) is 4.31. The van der Waals surface area contributed by atoms with Crippen LogP contribution in [0.25, 0.3) is 21.9 Å². The number of amides is 1. The van der Waals surface area contributed by atoms with E-state index in [1.165, 1.54) is 0 Å². The summed E-state index contributed by atoms with van der Waals surface area (Å²) in [4.78, 5) is 48.5. The lowest BCUT2D eigenvalue weighted by Gasteiger charge is -2.21. The number of hydrogen-bond donors (Lipinski definition) is 3. The molecule has 4 rings (SSSR count). The number of rotatable bonds is 4. The maximum atomic E-state index is 13.0. The quantitative estimate of drug-likeness (QED) is 0.507. The molecule has 2 heterocycles. The number of para-hydroxylation sites is 3. The smallest absolute Gasteiger partial charge is 0.324 e. The molecule has 0 aliphatic carbocycles. The van der Waals surface area contributed by atoms with Crippen LogP contribution < -0.4 is 16.6 Å². The molecule has 0 saturated carbocycles. The number of nitrogens with one attached hydrogen (secondary N) is 3. The molecular formula is C20H19N5O3. The summed E-state index contributed by atoms with van der Waals surface area (Å²) in [6.07, 6.45) is 0. The van der Waals surface area contributed by atoms with Crippen molar-refractivity contribution in [1.82, 2.24) is 19.5 Å². The number of fused-ring (bicyclic) bond motifs is 2. The minimum Gasteiger partial charge on any atom is -0.324 e. The molecule has 0 radical (unpaired) electrons. The zero-order valence-electron chi connectivity index (χ0n) is 15.4. The Morgan fingerprint density at radius 2 is 1.68 bits per heavy atom. The van der Waals surface area contributed by atoms with Gasteiger partial charge in [0.2, 0.25) is 11.9 Å². The van der Waals surface area contributed by atoms with Gasteiger partial charge in [-0.05, 0) is 30.2 Å². The fourth-order valence-corrected chi connectivity index (χ4v) is 3.35. The van der Waals surface area contributed by atoms with Gasteiger partial charge in [0.05, 0.1) is 21.9 Å². The summed E-state index contributed by atoms with van der Waals surface area (Å²) in [6.45, 7) is 3.56. The van der Waals surface area contributed by atoms with Crippen LogP contribution >= 0.6 is 0 Å². The summed E-state index contributed by atoms with van der Waals surface area (Å²) < 4.78 is 0.977. The molecule has 0 spiro atoms. The lowest BCUT2D eigenvalue weighted by atomic mass is 10.0. The van der Waals surface area contributed by atoms with Crippen LogP contribution in [-0.4, -0.2) is 25.4 Å². The van der Waals surface area contributed by atoms with Crippen LogP contribution in [0.15, 0.2) is 58.1 Å². The van der Waals surface area contributed by atoms with Crippen molar-refractivity contribution in [3.8, 4) is 0 Å². The van der Waals surface area contributed by atoms with Gasteiger partial charge in [0.15, 0.2) is 0 Å². The number of anilines is 1. The monoisotopic (exact) mass is 377 g/mol.